The fraction of sp³-hybridized carbons (Fsp3) is 0.375. The van der Waals surface area contributed by atoms with Gasteiger partial charge in [-0.05, 0) is 31.0 Å². The van der Waals surface area contributed by atoms with Crippen molar-refractivity contribution in [2.45, 2.75) is 26.1 Å². The first-order valence-electron chi connectivity index (χ1n) is 7.66. The van der Waals surface area contributed by atoms with E-state index < -0.39 is 18.8 Å². The Hall–Kier alpha value is -2.42. The Labute approximate surface area is 153 Å². The van der Waals surface area contributed by atoms with Gasteiger partial charge in [-0.25, -0.2) is 4.79 Å². The minimum Gasteiger partial charge on any atom is -0.497 e. The van der Waals surface area contributed by atoms with Gasteiger partial charge in [-0.3, -0.25) is 4.68 Å². The molecule has 0 unspecified atom stereocenters. The summed E-state index contributed by atoms with van der Waals surface area (Å²) >= 11 is 6.12. The van der Waals surface area contributed by atoms with E-state index in [0.29, 0.717) is 23.7 Å². The third kappa shape index (κ3) is 5.55. The molecule has 0 saturated heterocycles. The van der Waals surface area contributed by atoms with E-state index in [1.54, 1.807) is 18.2 Å². The van der Waals surface area contributed by atoms with Crippen molar-refractivity contribution in [1.29, 1.82) is 0 Å². The van der Waals surface area contributed by atoms with Crippen LogP contribution in [0.3, 0.4) is 0 Å². The van der Waals surface area contributed by atoms with E-state index in [0.717, 1.165) is 10.2 Å². The predicted molar refractivity (Wildman–Crippen MR) is 91.7 cm³/mol. The number of methoxy groups -OCH3 is 1. The number of hydrogen-bond acceptors (Lipinski definition) is 3. The molecule has 1 aromatic carbocycles. The summed E-state index contributed by atoms with van der Waals surface area (Å²) in [4.78, 5) is 11.9. The minimum absolute atomic E-state index is 0.217. The van der Waals surface area contributed by atoms with Crippen molar-refractivity contribution in [1.82, 2.24) is 15.1 Å². The van der Waals surface area contributed by atoms with Gasteiger partial charge in [0.05, 0.1) is 24.7 Å². The summed E-state index contributed by atoms with van der Waals surface area (Å²) in [6.45, 7) is 0.539. The standard InChI is InChI=1S/C16H18ClF3N4O2/c1-10-14(8-22-24(10)9-16(18,19)20)23-15(25)21-6-5-11-3-4-12(26-2)7-13(11)17/h3-4,7-8H,5-6,9H2,1-2H3,(H2,21,23,25). The molecule has 0 fully saturated rings. The molecule has 6 nitrogen and oxygen atoms in total. The molecule has 1 heterocycles. The normalized spacial score (nSPS) is 11.3. The maximum absolute atomic E-state index is 12.4. The summed E-state index contributed by atoms with van der Waals surface area (Å²) in [5, 5.41) is 9.26. The summed E-state index contributed by atoms with van der Waals surface area (Å²) in [6.07, 6.45) is -2.71. The molecule has 0 saturated carbocycles. The third-order valence-corrected chi connectivity index (χ3v) is 3.97. The van der Waals surface area contributed by atoms with Crippen LogP contribution < -0.4 is 15.4 Å². The average Bonchev–Trinajstić information content (AvgIpc) is 2.87. The van der Waals surface area contributed by atoms with Crippen molar-refractivity contribution in [3.63, 3.8) is 0 Å². The number of benzene rings is 1. The maximum Gasteiger partial charge on any atom is 0.408 e. The summed E-state index contributed by atoms with van der Waals surface area (Å²) in [6, 6.07) is 4.70. The number of hydrogen-bond donors (Lipinski definition) is 2. The zero-order valence-corrected chi connectivity index (χ0v) is 14.9. The molecule has 0 aliphatic heterocycles. The number of anilines is 1. The van der Waals surface area contributed by atoms with E-state index >= 15 is 0 Å². The smallest absolute Gasteiger partial charge is 0.408 e. The second-order valence-electron chi connectivity index (χ2n) is 5.50. The van der Waals surface area contributed by atoms with Crippen LogP contribution in [0.1, 0.15) is 11.3 Å². The lowest BCUT2D eigenvalue weighted by Crippen LogP contribution is -2.30. The summed E-state index contributed by atoms with van der Waals surface area (Å²) < 4.78 is 43.1. The van der Waals surface area contributed by atoms with Crippen LogP contribution in [0.15, 0.2) is 24.4 Å². The number of carbonyl (C=O) groups excluding carboxylic acids is 1. The van der Waals surface area contributed by atoms with E-state index in [-0.39, 0.29) is 11.4 Å². The number of ether oxygens (including phenoxy) is 1. The highest BCUT2D eigenvalue weighted by Crippen LogP contribution is 2.23. The Bertz CT molecular complexity index is 777. The van der Waals surface area contributed by atoms with Gasteiger partial charge in [0.25, 0.3) is 0 Å². The third-order valence-electron chi connectivity index (χ3n) is 3.62. The molecular weight excluding hydrogens is 373 g/mol. The van der Waals surface area contributed by atoms with Crippen molar-refractivity contribution in [3.05, 3.63) is 40.7 Å². The number of nitrogens with one attached hydrogen (secondary N) is 2. The first-order chi connectivity index (χ1) is 12.2. The number of urea groups is 1. The number of halogens is 4. The number of carbonyl (C=O) groups is 1. The van der Waals surface area contributed by atoms with Gasteiger partial charge in [-0.2, -0.15) is 18.3 Å². The number of rotatable bonds is 6. The maximum atomic E-state index is 12.4. The second-order valence-corrected chi connectivity index (χ2v) is 5.91. The van der Waals surface area contributed by atoms with Gasteiger partial charge in [0.1, 0.15) is 12.3 Å². The van der Waals surface area contributed by atoms with Crippen molar-refractivity contribution in [3.8, 4) is 5.75 Å². The van der Waals surface area contributed by atoms with Crippen LogP contribution in [0.25, 0.3) is 0 Å². The minimum atomic E-state index is -4.38. The molecular formula is C16H18ClF3N4O2. The molecule has 2 amide bonds. The molecule has 0 spiro atoms. The predicted octanol–water partition coefficient (Wildman–Crippen LogP) is 3.78. The van der Waals surface area contributed by atoms with Crippen LogP contribution in [0, 0.1) is 6.92 Å². The molecule has 1 aromatic heterocycles. The zero-order valence-electron chi connectivity index (χ0n) is 14.2. The quantitative estimate of drug-likeness (QED) is 0.788. The lowest BCUT2D eigenvalue weighted by molar-refractivity contribution is -0.142. The molecule has 0 aliphatic rings. The highest BCUT2D eigenvalue weighted by Gasteiger charge is 2.29. The van der Waals surface area contributed by atoms with Crippen LogP contribution in [-0.2, 0) is 13.0 Å². The number of nitrogens with zero attached hydrogens (tertiary/aromatic N) is 2. The van der Waals surface area contributed by atoms with Gasteiger partial charge in [-0.15, -0.1) is 0 Å². The van der Waals surface area contributed by atoms with Crippen molar-refractivity contribution in [2.75, 3.05) is 19.0 Å². The van der Waals surface area contributed by atoms with E-state index in [1.165, 1.54) is 20.2 Å². The summed E-state index contributed by atoms with van der Waals surface area (Å²) in [5.74, 6) is 0.635. The van der Waals surface area contributed by atoms with Crippen LogP contribution in [-0.4, -0.2) is 35.6 Å². The Morgan fingerprint density at radius 1 is 1.38 bits per heavy atom. The fourth-order valence-electron chi connectivity index (χ4n) is 2.23. The number of alkyl halides is 3. The first-order valence-corrected chi connectivity index (χ1v) is 8.04. The Morgan fingerprint density at radius 3 is 2.73 bits per heavy atom. The van der Waals surface area contributed by atoms with Crippen molar-refractivity contribution >= 4 is 23.3 Å². The Kier molecular flexibility index (Phi) is 6.36. The molecule has 0 bridgehead atoms. The van der Waals surface area contributed by atoms with Crippen LogP contribution >= 0.6 is 11.6 Å². The molecule has 2 rings (SSSR count). The molecule has 0 radical (unpaired) electrons. The number of aromatic nitrogens is 2. The largest absolute Gasteiger partial charge is 0.497 e. The molecule has 2 aromatic rings. The average molecular weight is 391 g/mol. The lowest BCUT2D eigenvalue weighted by atomic mass is 10.1. The first kappa shape index (κ1) is 19.9. The topological polar surface area (TPSA) is 68.2 Å². The van der Waals surface area contributed by atoms with Gasteiger partial charge >= 0.3 is 12.2 Å². The Balaban J connectivity index is 1.86. The van der Waals surface area contributed by atoms with Gasteiger partial charge < -0.3 is 15.4 Å². The molecule has 2 N–H and O–H groups in total. The summed E-state index contributed by atoms with van der Waals surface area (Å²) in [7, 11) is 1.54. The van der Waals surface area contributed by atoms with Gasteiger partial charge in [0.2, 0.25) is 0 Å². The molecule has 142 valence electrons. The number of amides is 2. The van der Waals surface area contributed by atoms with E-state index in [9.17, 15) is 18.0 Å². The SMILES string of the molecule is COc1ccc(CCNC(=O)Nc2cnn(CC(F)(F)F)c2C)c(Cl)c1. The fourth-order valence-corrected chi connectivity index (χ4v) is 2.50. The van der Waals surface area contributed by atoms with Crippen LogP contribution in [0.4, 0.5) is 23.7 Å². The molecule has 26 heavy (non-hydrogen) atoms. The Morgan fingerprint density at radius 2 is 2.12 bits per heavy atom. The molecule has 0 aliphatic carbocycles. The van der Waals surface area contributed by atoms with E-state index in [4.69, 9.17) is 16.3 Å². The van der Waals surface area contributed by atoms with Gasteiger partial charge in [0, 0.05) is 11.6 Å². The van der Waals surface area contributed by atoms with Gasteiger partial charge in [-0.1, -0.05) is 17.7 Å². The van der Waals surface area contributed by atoms with E-state index in [2.05, 4.69) is 15.7 Å². The monoisotopic (exact) mass is 390 g/mol. The lowest BCUT2D eigenvalue weighted by Gasteiger charge is -2.10. The van der Waals surface area contributed by atoms with Crippen LogP contribution in [0.2, 0.25) is 5.02 Å². The zero-order chi connectivity index (χ0) is 19.3. The second kappa shape index (κ2) is 8.31. The van der Waals surface area contributed by atoms with Crippen LogP contribution in [0.5, 0.6) is 5.75 Å². The summed E-state index contributed by atoms with van der Waals surface area (Å²) in [5.41, 5.74) is 1.27. The van der Waals surface area contributed by atoms with E-state index in [1.807, 2.05) is 0 Å². The highest BCUT2D eigenvalue weighted by atomic mass is 35.5. The molecule has 10 heteroatoms. The molecule has 0 atom stereocenters. The van der Waals surface area contributed by atoms with Crippen molar-refractivity contribution < 1.29 is 22.7 Å². The van der Waals surface area contributed by atoms with Crippen molar-refractivity contribution in [2.24, 2.45) is 0 Å². The van der Waals surface area contributed by atoms with Gasteiger partial charge in [0.15, 0.2) is 0 Å². The highest BCUT2D eigenvalue weighted by molar-refractivity contribution is 6.31.